The monoisotopic (exact) mass is 280 g/mol. The van der Waals surface area contributed by atoms with Gasteiger partial charge in [0.1, 0.15) is 6.04 Å². The number of anilines is 1. The Morgan fingerprint density at radius 2 is 1.76 bits per heavy atom. The summed E-state index contributed by atoms with van der Waals surface area (Å²) in [5.74, 6) is 0.251. The highest BCUT2D eigenvalue weighted by Crippen LogP contribution is 2.31. The number of ketones is 1. The Hall–Kier alpha value is -1.87. The molecule has 0 saturated carbocycles. The fourth-order valence-corrected chi connectivity index (χ4v) is 3.53. The van der Waals surface area contributed by atoms with Crippen molar-refractivity contribution in [3.63, 3.8) is 0 Å². The van der Waals surface area contributed by atoms with Crippen LogP contribution in [0.4, 0.5) is 5.69 Å². The van der Waals surface area contributed by atoms with Crippen molar-refractivity contribution in [2.45, 2.75) is 25.3 Å². The van der Waals surface area contributed by atoms with E-state index in [1.54, 1.807) is 0 Å². The molecule has 0 spiro atoms. The van der Waals surface area contributed by atoms with Crippen LogP contribution in [-0.2, 0) is 0 Å². The lowest BCUT2D eigenvalue weighted by Gasteiger charge is -2.28. The maximum atomic E-state index is 12.6. The van der Waals surface area contributed by atoms with Gasteiger partial charge in [-0.2, -0.15) is 0 Å². The molecular weight excluding hydrogens is 260 g/mol. The molecule has 0 bridgehead atoms. The first-order valence-corrected chi connectivity index (χ1v) is 7.87. The molecule has 3 nitrogen and oxygen atoms in total. The Morgan fingerprint density at radius 3 is 2.52 bits per heavy atom. The lowest BCUT2D eigenvalue weighted by Crippen LogP contribution is -2.41. The minimum absolute atomic E-state index is 0.0742. The van der Waals surface area contributed by atoms with E-state index in [-0.39, 0.29) is 11.8 Å². The second-order valence-corrected chi connectivity index (χ2v) is 6.17. The first-order valence-electron chi connectivity index (χ1n) is 7.87. The number of likely N-dealkylation sites (tertiary alicyclic amines) is 1. The maximum Gasteiger partial charge on any atom is 0.188 e. The lowest BCUT2D eigenvalue weighted by atomic mass is 10.0. The van der Waals surface area contributed by atoms with Crippen molar-refractivity contribution in [2.75, 3.05) is 25.0 Å². The molecule has 1 fully saturated rings. The molecule has 0 radical (unpaired) electrons. The predicted molar refractivity (Wildman–Crippen MR) is 86.0 cm³/mol. The molecule has 2 aromatic rings. The van der Waals surface area contributed by atoms with Crippen LogP contribution in [0.3, 0.4) is 0 Å². The van der Waals surface area contributed by atoms with Gasteiger partial charge in [-0.15, -0.1) is 0 Å². The molecule has 1 saturated heterocycles. The molecular formula is C18H20N2O. The normalized spacial score (nSPS) is 22.3. The Labute approximate surface area is 124 Å². The molecule has 2 aromatic carbocycles. The van der Waals surface area contributed by atoms with Gasteiger partial charge in [0, 0.05) is 17.8 Å². The molecule has 108 valence electrons. The fourth-order valence-electron chi connectivity index (χ4n) is 3.53. The average molecular weight is 280 g/mol. The summed E-state index contributed by atoms with van der Waals surface area (Å²) >= 11 is 0. The van der Waals surface area contributed by atoms with Crippen molar-refractivity contribution >= 4 is 22.2 Å². The number of nitrogens with one attached hydrogen (secondary N) is 1. The number of hydrogen-bond acceptors (Lipinski definition) is 3. The third-order valence-corrected chi connectivity index (χ3v) is 4.69. The first kappa shape index (κ1) is 12.8. The molecule has 1 atom stereocenters. The van der Waals surface area contributed by atoms with Gasteiger partial charge in [0.2, 0.25) is 0 Å². The zero-order valence-corrected chi connectivity index (χ0v) is 12.1. The van der Waals surface area contributed by atoms with Crippen molar-refractivity contribution in [3.05, 3.63) is 42.0 Å². The van der Waals surface area contributed by atoms with E-state index in [1.165, 1.54) is 24.6 Å². The van der Waals surface area contributed by atoms with Crippen molar-refractivity contribution in [2.24, 2.45) is 0 Å². The Morgan fingerprint density at radius 1 is 1.05 bits per heavy atom. The van der Waals surface area contributed by atoms with Crippen molar-refractivity contribution < 1.29 is 4.79 Å². The highest BCUT2D eigenvalue weighted by molar-refractivity contribution is 6.13. The summed E-state index contributed by atoms with van der Waals surface area (Å²) in [6, 6.07) is 12.3. The van der Waals surface area contributed by atoms with Crippen LogP contribution in [0.5, 0.6) is 0 Å². The molecule has 21 heavy (non-hydrogen) atoms. The van der Waals surface area contributed by atoms with Gasteiger partial charge in [-0.3, -0.25) is 4.79 Å². The number of fused-ring (bicyclic) bond motifs is 2. The Balaban J connectivity index is 1.60. The topological polar surface area (TPSA) is 32.3 Å². The van der Waals surface area contributed by atoms with Gasteiger partial charge in [0.05, 0.1) is 0 Å². The highest BCUT2D eigenvalue weighted by Gasteiger charge is 2.31. The number of nitrogens with zero attached hydrogens (tertiary/aromatic N) is 1. The van der Waals surface area contributed by atoms with Crippen molar-refractivity contribution in [3.8, 4) is 0 Å². The quantitative estimate of drug-likeness (QED) is 0.916. The highest BCUT2D eigenvalue weighted by atomic mass is 16.1. The molecule has 2 aliphatic heterocycles. The molecule has 1 unspecified atom stereocenters. The summed E-state index contributed by atoms with van der Waals surface area (Å²) in [7, 11) is 0. The standard InChI is InChI=1S/C18H20N2O/c21-18-15-10-13-6-2-3-7-14(13)11-16(15)19-17(18)12-20-8-4-1-5-9-20/h2-3,6-7,10-11,17,19H,1,4-5,8-9,12H2. The predicted octanol–water partition coefficient (Wildman–Crippen LogP) is 3.30. The Bertz CT molecular complexity index is 689. The molecule has 0 aromatic heterocycles. The number of benzene rings is 2. The second-order valence-electron chi connectivity index (χ2n) is 6.17. The van der Waals surface area contributed by atoms with Crippen LogP contribution in [0.1, 0.15) is 29.6 Å². The fraction of sp³-hybridized carbons (Fsp3) is 0.389. The van der Waals surface area contributed by atoms with E-state index >= 15 is 0 Å². The molecule has 2 heterocycles. The second kappa shape index (κ2) is 5.15. The van der Waals surface area contributed by atoms with E-state index in [9.17, 15) is 4.79 Å². The van der Waals surface area contributed by atoms with Gasteiger partial charge >= 0.3 is 0 Å². The van der Waals surface area contributed by atoms with Gasteiger partial charge in [-0.1, -0.05) is 30.7 Å². The van der Waals surface area contributed by atoms with Crippen LogP contribution in [0.2, 0.25) is 0 Å². The van der Waals surface area contributed by atoms with Gasteiger partial charge in [0.25, 0.3) is 0 Å². The third kappa shape index (κ3) is 2.32. The molecule has 0 aliphatic carbocycles. The van der Waals surface area contributed by atoms with Crippen molar-refractivity contribution in [1.82, 2.24) is 4.90 Å². The number of hydrogen-bond donors (Lipinski definition) is 1. The maximum absolute atomic E-state index is 12.6. The van der Waals surface area contributed by atoms with Crippen LogP contribution < -0.4 is 5.32 Å². The van der Waals surface area contributed by atoms with Crippen molar-refractivity contribution in [1.29, 1.82) is 0 Å². The summed E-state index contributed by atoms with van der Waals surface area (Å²) in [5, 5.41) is 5.77. The van der Waals surface area contributed by atoms with Gasteiger partial charge in [0.15, 0.2) is 5.78 Å². The minimum Gasteiger partial charge on any atom is -0.373 e. The van der Waals surface area contributed by atoms with E-state index in [4.69, 9.17) is 0 Å². The molecule has 4 rings (SSSR count). The average Bonchev–Trinajstić information content (AvgIpc) is 2.82. The van der Waals surface area contributed by atoms with Crippen LogP contribution >= 0.6 is 0 Å². The van der Waals surface area contributed by atoms with Crippen LogP contribution in [0.15, 0.2) is 36.4 Å². The summed E-state index contributed by atoms with van der Waals surface area (Å²) in [6.07, 6.45) is 3.85. The largest absolute Gasteiger partial charge is 0.373 e. The SMILES string of the molecule is O=C1c2cc3ccccc3cc2NC1CN1CCCCC1. The summed E-state index contributed by atoms with van der Waals surface area (Å²) < 4.78 is 0. The summed E-state index contributed by atoms with van der Waals surface area (Å²) in [4.78, 5) is 15.0. The summed E-state index contributed by atoms with van der Waals surface area (Å²) in [6.45, 7) is 3.09. The van der Waals surface area contributed by atoms with Crippen LogP contribution in [0, 0.1) is 0 Å². The van der Waals surface area contributed by atoms with E-state index in [2.05, 4.69) is 28.4 Å². The molecule has 2 aliphatic rings. The van der Waals surface area contributed by atoms with E-state index in [1.807, 2.05) is 18.2 Å². The van der Waals surface area contributed by atoms with E-state index in [0.29, 0.717) is 0 Å². The zero-order valence-electron chi connectivity index (χ0n) is 12.1. The molecule has 3 heteroatoms. The lowest BCUT2D eigenvalue weighted by molar-refractivity contribution is 0.0952. The number of piperidine rings is 1. The van der Waals surface area contributed by atoms with Gasteiger partial charge in [-0.05, 0) is 48.8 Å². The number of rotatable bonds is 2. The number of carbonyl (C=O) groups is 1. The molecule has 0 amide bonds. The zero-order chi connectivity index (χ0) is 14.2. The first-order chi connectivity index (χ1) is 10.3. The Kier molecular flexibility index (Phi) is 3.15. The van der Waals surface area contributed by atoms with E-state index in [0.717, 1.165) is 36.3 Å². The number of Topliss-reactive ketones (excluding diaryl/α,β-unsaturated/α-hetero) is 1. The number of carbonyl (C=O) groups excluding carboxylic acids is 1. The van der Waals surface area contributed by atoms with Crippen LogP contribution in [-0.4, -0.2) is 36.4 Å². The minimum atomic E-state index is -0.0742. The van der Waals surface area contributed by atoms with Gasteiger partial charge < -0.3 is 10.2 Å². The third-order valence-electron chi connectivity index (χ3n) is 4.69. The van der Waals surface area contributed by atoms with Crippen LogP contribution in [0.25, 0.3) is 10.8 Å². The van der Waals surface area contributed by atoms with Gasteiger partial charge in [-0.25, -0.2) is 0 Å². The summed E-state index contributed by atoms with van der Waals surface area (Å²) in [5.41, 5.74) is 1.86. The smallest absolute Gasteiger partial charge is 0.188 e. The van der Waals surface area contributed by atoms with E-state index < -0.39 is 0 Å². The molecule has 1 N–H and O–H groups in total.